The van der Waals surface area contributed by atoms with Gasteiger partial charge in [0.15, 0.2) is 11.6 Å². The monoisotopic (exact) mass is 260 g/mol. The van der Waals surface area contributed by atoms with E-state index in [2.05, 4.69) is 11.5 Å². The van der Waals surface area contributed by atoms with Crippen LogP contribution in [-0.2, 0) is 6.42 Å². The van der Waals surface area contributed by atoms with Crippen molar-refractivity contribution in [1.82, 2.24) is 5.43 Å². The van der Waals surface area contributed by atoms with Gasteiger partial charge in [0.1, 0.15) is 0 Å². The number of benzene rings is 2. The Morgan fingerprint density at radius 1 is 1.11 bits per heavy atom. The highest BCUT2D eigenvalue weighted by Gasteiger charge is 2.33. The second kappa shape index (κ2) is 4.72. The van der Waals surface area contributed by atoms with Gasteiger partial charge in [0.25, 0.3) is 0 Å². The topological polar surface area (TPSA) is 38.0 Å². The van der Waals surface area contributed by atoms with E-state index in [4.69, 9.17) is 5.84 Å². The average molecular weight is 260 g/mol. The Morgan fingerprint density at radius 3 is 2.58 bits per heavy atom. The van der Waals surface area contributed by atoms with Gasteiger partial charge < -0.3 is 0 Å². The highest BCUT2D eigenvalue weighted by atomic mass is 19.2. The maximum atomic E-state index is 13.3. The molecule has 3 rings (SSSR count). The molecule has 0 aromatic heterocycles. The van der Waals surface area contributed by atoms with Gasteiger partial charge in [0.05, 0.1) is 6.04 Å². The quantitative estimate of drug-likeness (QED) is 0.658. The lowest BCUT2D eigenvalue weighted by Gasteiger charge is -2.36. The number of hydrogen-bond acceptors (Lipinski definition) is 2. The Bertz CT molecular complexity index is 613. The average Bonchev–Trinajstić information content (AvgIpc) is 2.39. The molecule has 0 fully saturated rings. The molecule has 98 valence electrons. The first-order valence-corrected chi connectivity index (χ1v) is 6.19. The lowest BCUT2D eigenvalue weighted by molar-refractivity contribution is 0.415. The molecule has 1 aliphatic rings. The van der Waals surface area contributed by atoms with Crippen molar-refractivity contribution in [3.05, 3.63) is 70.8 Å². The van der Waals surface area contributed by atoms with Gasteiger partial charge in [-0.25, -0.2) is 8.78 Å². The zero-order valence-electron chi connectivity index (χ0n) is 10.2. The van der Waals surface area contributed by atoms with Crippen molar-refractivity contribution < 1.29 is 8.78 Å². The first kappa shape index (κ1) is 12.3. The number of nitrogens with two attached hydrogens (primary N) is 1. The molecule has 2 unspecified atom stereocenters. The lowest BCUT2D eigenvalue weighted by atomic mass is 9.72. The van der Waals surface area contributed by atoms with E-state index in [0.717, 1.165) is 12.5 Å². The molecule has 0 saturated heterocycles. The molecule has 0 heterocycles. The Morgan fingerprint density at radius 2 is 1.89 bits per heavy atom. The molecular weight excluding hydrogens is 246 g/mol. The van der Waals surface area contributed by atoms with Crippen LogP contribution in [0.25, 0.3) is 0 Å². The summed E-state index contributed by atoms with van der Waals surface area (Å²) in [4.78, 5) is 0. The van der Waals surface area contributed by atoms with E-state index < -0.39 is 11.6 Å². The van der Waals surface area contributed by atoms with E-state index in [1.807, 2.05) is 18.2 Å². The number of hydrazine groups is 1. The van der Waals surface area contributed by atoms with E-state index in [-0.39, 0.29) is 12.0 Å². The van der Waals surface area contributed by atoms with Gasteiger partial charge in [0, 0.05) is 5.92 Å². The normalized spacial score (nSPS) is 18.6. The zero-order chi connectivity index (χ0) is 13.4. The van der Waals surface area contributed by atoms with Crippen LogP contribution >= 0.6 is 0 Å². The first-order valence-electron chi connectivity index (χ1n) is 6.19. The predicted molar refractivity (Wildman–Crippen MR) is 69.3 cm³/mol. The van der Waals surface area contributed by atoms with Gasteiger partial charge >= 0.3 is 0 Å². The van der Waals surface area contributed by atoms with Crippen molar-refractivity contribution in [2.45, 2.75) is 18.4 Å². The summed E-state index contributed by atoms with van der Waals surface area (Å²) in [7, 11) is 0. The Kier molecular flexibility index (Phi) is 3.05. The summed E-state index contributed by atoms with van der Waals surface area (Å²) in [6.07, 6.45) is 0.893. The molecular formula is C15H14F2N2. The van der Waals surface area contributed by atoms with Crippen molar-refractivity contribution in [1.29, 1.82) is 0 Å². The van der Waals surface area contributed by atoms with Gasteiger partial charge in [-0.2, -0.15) is 0 Å². The summed E-state index contributed by atoms with van der Waals surface area (Å²) in [5, 5.41) is 0. The Hall–Kier alpha value is -1.78. The fourth-order valence-corrected chi connectivity index (χ4v) is 2.75. The van der Waals surface area contributed by atoms with Crippen molar-refractivity contribution in [2.75, 3.05) is 0 Å². The fourth-order valence-electron chi connectivity index (χ4n) is 2.75. The molecule has 0 bridgehead atoms. The van der Waals surface area contributed by atoms with Crippen LogP contribution in [0.5, 0.6) is 0 Å². The molecule has 2 aromatic rings. The van der Waals surface area contributed by atoms with Crippen LogP contribution in [-0.4, -0.2) is 0 Å². The minimum atomic E-state index is -0.842. The summed E-state index contributed by atoms with van der Waals surface area (Å²) >= 11 is 0. The number of rotatable bonds is 3. The van der Waals surface area contributed by atoms with Gasteiger partial charge in [0.2, 0.25) is 0 Å². The Labute approximate surface area is 110 Å². The van der Waals surface area contributed by atoms with Gasteiger partial charge in [-0.3, -0.25) is 11.3 Å². The van der Waals surface area contributed by atoms with Crippen LogP contribution < -0.4 is 11.3 Å². The Balaban J connectivity index is 1.92. The van der Waals surface area contributed by atoms with Crippen LogP contribution in [0.1, 0.15) is 28.7 Å². The third-order valence-corrected chi connectivity index (χ3v) is 3.78. The van der Waals surface area contributed by atoms with Crippen LogP contribution in [0.4, 0.5) is 8.78 Å². The molecule has 0 amide bonds. The minimum absolute atomic E-state index is 0.200. The molecule has 0 saturated carbocycles. The van der Waals surface area contributed by atoms with E-state index in [0.29, 0.717) is 5.56 Å². The van der Waals surface area contributed by atoms with Crippen LogP contribution in [0.3, 0.4) is 0 Å². The summed E-state index contributed by atoms with van der Waals surface area (Å²) in [6.45, 7) is 0. The first-order chi connectivity index (χ1) is 9.20. The SMILES string of the molecule is NNC(c1ccc(F)c(F)c1)C1Cc2ccccc21. The standard InChI is InChI=1S/C15H14F2N2/c16-13-6-5-10(8-14(13)17)15(19-18)12-7-9-3-1-2-4-11(9)12/h1-6,8,12,15,19H,7,18H2. The molecule has 0 radical (unpaired) electrons. The van der Waals surface area contributed by atoms with Crippen molar-refractivity contribution in [3.63, 3.8) is 0 Å². The molecule has 1 aliphatic carbocycles. The third kappa shape index (κ3) is 2.03. The van der Waals surface area contributed by atoms with E-state index in [9.17, 15) is 8.78 Å². The summed E-state index contributed by atoms with van der Waals surface area (Å²) in [5.41, 5.74) is 5.89. The molecule has 2 atom stereocenters. The second-order valence-corrected chi connectivity index (χ2v) is 4.83. The highest BCUT2D eigenvalue weighted by molar-refractivity contribution is 5.43. The maximum absolute atomic E-state index is 13.3. The van der Waals surface area contributed by atoms with Crippen LogP contribution in [0, 0.1) is 11.6 Å². The number of fused-ring (bicyclic) bond motifs is 1. The smallest absolute Gasteiger partial charge is 0.159 e. The number of nitrogens with one attached hydrogen (secondary N) is 1. The minimum Gasteiger partial charge on any atom is -0.271 e. The maximum Gasteiger partial charge on any atom is 0.159 e. The zero-order valence-corrected chi connectivity index (χ0v) is 10.2. The second-order valence-electron chi connectivity index (χ2n) is 4.83. The summed E-state index contributed by atoms with van der Waals surface area (Å²) in [5.74, 6) is 4.11. The van der Waals surface area contributed by atoms with Gasteiger partial charge in [-0.05, 0) is 35.2 Å². The van der Waals surface area contributed by atoms with E-state index in [1.54, 1.807) is 6.07 Å². The summed E-state index contributed by atoms with van der Waals surface area (Å²) < 4.78 is 26.3. The van der Waals surface area contributed by atoms with Gasteiger partial charge in [-0.1, -0.05) is 30.3 Å². The lowest BCUT2D eigenvalue weighted by Crippen LogP contribution is -2.37. The third-order valence-electron chi connectivity index (χ3n) is 3.78. The summed E-state index contributed by atoms with van der Waals surface area (Å²) in [6, 6.07) is 11.8. The van der Waals surface area contributed by atoms with Gasteiger partial charge in [-0.15, -0.1) is 0 Å². The molecule has 0 spiro atoms. The highest BCUT2D eigenvalue weighted by Crippen LogP contribution is 2.43. The molecule has 19 heavy (non-hydrogen) atoms. The molecule has 2 nitrogen and oxygen atoms in total. The van der Waals surface area contributed by atoms with Crippen molar-refractivity contribution in [2.24, 2.45) is 5.84 Å². The molecule has 4 heteroatoms. The number of halogens is 2. The largest absolute Gasteiger partial charge is 0.271 e. The molecule has 3 N–H and O–H groups in total. The van der Waals surface area contributed by atoms with Crippen LogP contribution in [0.15, 0.2) is 42.5 Å². The number of hydrogen-bond donors (Lipinski definition) is 2. The van der Waals surface area contributed by atoms with Crippen molar-refractivity contribution in [3.8, 4) is 0 Å². The van der Waals surface area contributed by atoms with Crippen molar-refractivity contribution >= 4 is 0 Å². The fraction of sp³-hybridized carbons (Fsp3) is 0.200. The van der Waals surface area contributed by atoms with Crippen LogP contribution in [0.2, 0.25) is 0 Å². The predicted octanol–water partition coefficient (Wildman–Crippen LogP) is 2.81. The van der Waals surface area contributed by atoms with E-state index in [1.165, 1.54) is 17.2 Å². The van der Waals surface area contributed by atoms with E-state index >= 15 is 0 Å². The molecule has 2 aromatic carbocycles. The molecule has 0 aliphatic heterocycles.